The van der Waals surface area contributed by atoms with Crippen molar-refractivity contribution < 1.29 is 19.8 Å². The summed E-state index contributed by atoms with van der Waals surface area (Å²) in [4.78, 5) is 22.8. The van der Waals surface area contributed by atoms with Crippen molar-refractivity contribution in [3.63, 3.8) is 0 Å². The van der Waals surface area contributed by atoms with Crippen LogP contribution in [0.3, 0.4) is 0 Å². The normalized spacial score (nSPS) is 13.6. The van der Waals surface area contributed by atoms with Crippen molar-refractivity contribution in [1.29, 1.82) is 0 Å². The van der Waals surface area contributed by atoms with Crippen LogP contribution in [0.5, 0.6) is 0 Å². The van der Waals surface area contributed by atoms with Gasteiger partial charge in [0.15, 0.2) is 0 Å². The topological polar surface area (TPSA) is 81.1 Å². The Morgan fingerprint density at radius 2 is 1.86 bits per heavy atom. The first-order valence-corrected chi connectivity index (χ1v) is 3.95. The van der Waals surface area contributed by atoms with Gasteiger partial charge >= 0.3 is 5.97 Å². The smallest absolute Gasteiger partial charge is 0.323 e. The van der Waals surface area contributed by atoms with Crippen LogP contribution in [0.2, 0.25) is 0 Å². The summed E-state index contributed by atoms with van der Waals surface area (Å²) in [7, 11) is 1.90. The van der Waals surface area contributed by atoms with Crippen LogP contribution in [0.15, 0.2) is 12.4 Å². The summed E-state index contributed by atoms with van der Waals surface area (Å²) in [6.07, 6.45) is 3.62. The molecule has 0 radical (unpaired) electrons. The van der Waals surface area contributed by atoms with Gasteiger partial charge in [-0.3, -0.25) is 9.59 Å². The Labute approximate surface area is 82.0 Å². The van der Waals surface area contributed by atoms with Gasteiger partial charge in [0, 0.05) is 26.4 Å². The fraction of sp³-hybridized carbons (Fsp3) is 0.500. The Kier molecular flexibility index (Phi) is 5.13. The van der Waals surface area contributed by atoms with Crippen molar-refractivity contribution in [3.05, 3.63) is 12.4 Å². The van der Waals surface area contributed by atoms with Gasteiger partial charge in [0.05, 0.1) is 6.67 Å². The minimum absolute atomic E-state index is 0.0842. The Morgan fingerprint density at radius 1 is 1.36 bits per heavy atom. The molecule has 0 saturated heterocycles. The molecule has 1 aliphatic rings. The van der Waals surface area contributed by atoms with Crippen LogP contribution in [0.1, 0.15) is 6.92 Å². The molecule has 1 aliphatic heterocycles. The van der Waals surface area contributed by atoms with Crippen LogP contribution in [-0.2, 0) is 9.59 Å². The monoisotopic (exact) mass is 202 g/mol. The zero-order valence-electron chi connectivity index (χ0n) is 8.17. The van der Waals surface area contributed by atoms with Crippen molar-refractivity contribution in [2.45, 2.75) is 6.92 Å². The molecule has 1 rings (SSSR count). The van der Waals surface area contributed by atoms with Gasteiger partial charge in [-0.25, -0.2) is 0 Å². The summed E-state index contributed by atoms with van der Waals surface area (Å²) in [6.45, 7) is 1.84. The lowest BCUT2D eigenvalue weighted by molar-refractivity contribution is -0.138. The van der Waals surface area contributed by atoms with Crippen LogP contribution < -0.4 is 0 Å². The summed E-state index contributed by atoms with van der Waals surface area (Å²) in [5.41, 5.74) is 0. The largest absolute Gasteiger partial charge is 0.481 e. The zero-order valence-corrected chi connectivity index (χ0v) is 8.17. The molecule has 0 aromatic rings. The molecule has 0 atom stereocenters. The van der Waals surface area contributed by atoms with Crippen molar-refractivity contribution in [2.75, 3.05) is 20.3 Å². The van der Waals surface area contributed by atoms with Gasteiger partial charge in [0.2, 0.25) is 0 Å². The minimum Gasteiger partial charge on any atom is -0.481 e. The summed E-state index contributed by atoms with van der Waals surface area (Å²) in [5, 5.41) is 15.8. The molecule has 0 aliphatic carbocycles. The minimum atomic E-state index is -0.833. The maximum atomic E-state index is 10.2. The van der Waals surface area contributed by atoms with E-state index in [9.17, 15) is 4.79 Å². The second-order valence-corrected chi connectivity index (χ2v) is 2.86. The third-order valence-electron chi connectivity index (χ3n) is 1.28. The van der Waals surface area contributed by atoms with Crippen molar-refractivity contribution in [2.24, 2.45) is 0 Å². The van der Waals surface area contributed by atoms with E-state index in [0.29, 0.717) is 6.67 Å². The predicted molar refractivity (Wildman–Crippen MR) is 49.4 cm³/mol. The molecule has 0 amide bonds. The second-order valence-electron chi connectivity index (χ2n) is 2.86. The number of hydrogen-bond acceptors (Lipinski definition) is 4. The maximum absolute atomic E-state index is 10.2. The fourth-order valence-electron chi connectivity index (χ4n) is 0.865. The number of hydrogen-bond donors (Lipinski definition) is 2. The molecule has 14 heavy (non-hydrogen) atoms. The predicted octanol–water partition coefficient (Wildman–Crippen LogP) is -0.162. The van der Waals surface area contributed by atoms with E-state index < -0.39 is 11.9 Å². The van der Waals surface area contributed by atoms with Gasteiger partial charge in [0.25, 0.3) is 5.97 Å². The molecule has 6 heteroatoms. The fourth-order valence-corrected chi connectivity index (χ4v) is 0.865. The Morgan fingerprint density at radius 3 is 2.14 bits per heavy atom. The van der Waals surface area contributed by atoms with Crippen LogP contribution in [0.4, 0.5) is 0 Å². The van der Waals surface area contributed by atoms with E-state index in [1.165, 1.54) is 0 Å². The van der Waals surface area contributed by atoms with E-state index in [-0.39, 0.29) is 6.54 Å². The van der Waals surface area contributed by atoms with Gasteiger partial charge in [-0.05, 0) is 0 Å². The lowest BCUT2D eigenvalue weighted by Gasteiger charge is -2.14. The Bertz CT molecular complexity index is 235. The van der Waals surface area contributed by atoms with Gasteiger partial charge in [-0.15, -0.1) is 0 Å². The highest BCUT2D eigenvalue weighted by Crippen LogP contribution is 2.01. The van der Waals surface area contributed by atoms with Gasteiger partial charge < -0.3 is 20.0 Å². The average Bonchev–Trinajstić information content (AvgIpc) is 2.32. The summed E-state index contributed by atoms with van der Waals surface area (Å²) in [6, 6.07) is 0. The standard InChI is InChI=1S/C6H10N2O2.C2H4O2/c1-7-2-3-8(5-7)4-6(9)10;1-2(3)4/h2-3H,4-5H2,1H3,(H,9,10);1H3,(H,3,4). The van der Waals surface area contributed by atoms with Crippen LogP contribution >= 0.6 is 0 Å². The van der Waals surface area contributed by atoms with Crippen LogP contribution in [0.25, 0.3) is 0 Å². The summed E-state index contributed by atoms with van der Waals surface area (Å²) < 4.78 is 0. The first-order valence-electron chi connectivity index (χ1n) is 3.95. The van der Waals surface area contributed by atoms with Gasteiger partial charge in [-0.2, -0.15) is 0 Å². The molecule has 0 fully saturated rings. The number of nitrogens with zero attached hydrogens (tertiary/aromatic N) is 2. The van der Waals surface area contributed by atoms with Gasteiger partial charge in [0.1, 0.15) is 6.54 Å². The molecule has 6 nitrogen and oxygen atoms in total. The second kappa shape index (κ2) is 5.85. The number of aliphatic carboxylic acids is 2. The SMILES string of the molecule is CC(=O)O.CN1C=CN(CC(=O)O)C1. The first-order chi connectivity index (χ1) is 6.41. The van der Waals surface area contributed by atoms with Crippen molar-refractivity contribution >= 4 is 11.9 Å². The van der Waals surface area contributed by atoms with Gasteiger partial charge in [-0.1, -0.05) is 0 Å². The summed E-state index contributed by atoms with van der Waals surface area (Å²) in [5.74, 6) is -1.63. The lowest BCUT2D eigenvalue weighted by atomic mass is 10.6. The lowest BCUT2D eigenvalue weighted by Crippen LogP contribution is -2.27. The molecule has 0 spiro atoms. The van der Waals surface area contributed by atoms with Crippen molar-refractivity contribution in [1.82, 2.24) is 9.80 Å². The van der Waals surface area contributed by atoms with Crippen LogP contribution in [-0.4, -0.2) is 52.2 Å². The van der Waals surface area contributed by atoms with E-state index >= 15 is 0 Å². The number of carboxylic acid groups (broad SMARTS) is 2. The maximum Gasteiger partial charge on any atom is 0.323 e. The highest BCUT2D eigenvalue weighted by Gasteiger charge is 2.10. The number of carboxylic acids is 2. The highest BCUT2D eigenvalue weighted by atomic mass is 16.4. The van der Waals surface area contributed by atoms with E-state index in [1.54, 1.807) is 11.1 Å². The molecule has 0 aromatic heterocycles. The molecular formula is C8H14N2O4. The molecule has 80 valence electrons. The molecule has 0 saturated carbocycles. The molecular weight excluding hydrogens is 188 g/mol. The molecule has 0 aromatic carbocycles. The molecule has 1 heterocycles. The average molecular weight is 202 g/mol. The highest BCUT2D eigenvalue weighted by molar-refractivity contribution is 5.69. The summed E-state index contributed by atoms with van der Waals surface area (Å²) >= 11 is 0. The number of rotatable bonds is 2. The van der Waals surface area contributed by atoms with E-state index in [1.807, 2.05) is 18.1 Å². The van der Waals surface area contributed by atoms with E-state index in [2.05, 4.69) is 0 Å². The number of carbonyl (C=O) groups is 2. The molecule has 2 N–H and O–H groups in total. The molecule has 0 unspecified atom stereocenters. The zero-order chi connectivity index (χ0) is 11.1. The Hall–Kier alpha value is -1.72. The van der Waals surface area contributed by atoms with Crippen LogP contribution in [0, 0.1) is 0 Å². The quantitative estimate of drug-likeness (QED) is 0.647. The van der Waals surface area contributed by atoms with E-state index in [0.717, 1.165) is 6.92 Å². The molecule has 0 bridgehead atoms. The third kappa shape index (κ3) is 6.96. The van der Waals surface area contributed by atoms with Crippen molar-refractivity contribution in [3.8, 4) is 0 Å². The Balaban J connectivity index is 0.000000364. The van der Waals surface area contributed by atoms with E-state index in [4.69, 9.17) is 15.0 Å². The third-order valence-corrected chi connectivity index (χ3v) is 1.28. The first kappa shape index (κ1) is 12.3.